The van der Waals surface area contributed by atoms with Crippen LogP contribution in [0.25, 0.3) is 0 Å². The zero-order chi connectivity index (χ0) is 11.2. The van der Waals surface area contributed by atoms with Crippen LogP contribution in [0.2, 0.25) is 0 Å². The van der Waals surface area contributed by atoms with Crippen molar-refractivity contribution >= 4 is 11.9 Å². The van der Waals surface area contributed by atoms with Gasteiger partial charge in [0.2, 0.25) is 0 Å². The van der Waals surface area contributed by atoms with E-state index in [0.29, 0.717) is 0 Å². The summed E-state index contributed by atoms with van der Waals surface area (Å²) in [4.78, 5) is 11.1. The van der Waals surface area contributed by atoms with E-state index in [4.69, 9.17) is 15.7 Å². The molecule has 6 nitrogen and oxygen atoms in total. The lowest BCUT2D eigenvalue weighted by atomic mass is 10.1. The molecule has 0 aromatic carbocycles. The SMILES string of the molecule is CC(C)(C)NC(=O)OCCC(N)=NO. The van der Waals surface area contributed by atoms with Gasteiger partial charge in [-0.3, -0.25) is 0 Å². The Morgan fingerprint density at radius 3 is 2.57 bits per heavy atom. The summed E-state index contributed by atoms with van der Waals surface area (Å²) in [5, 5.41) is 13.5. The van der Waals surface area contributed by atoms with E-state index < -0.39 is 6.09 Å². The van der Waals surface area contributed by atoms with E-state index in [0.717, 1.165) is 0 Å². The van der Waals surface area contributed by atoms with Crippen molar-refractivity contribution in [3.8, 4) is 0 Å². The highest BCUT2D eigenvalue weighted by atomic mass is 16.5. The van der Waals surface area contributed by atoms with Crippen molar-refractivity contribution in [2.45, 2.75) is 32.7 Å². The van der Waals surface area contributed by atoms with Gasteiger partial charge in [0, 0.05) is 12.0 Å². The number of hydrogen-bond acceptors (Lipinski definition) is 4. The lowest BCUT2D eigenvalue weighted by molar-refractivity contribution is 0.140. The number of rotatable bonds is 3. The Morgan fingerprint density at radius 2 is 2.14 bits per heavy atom. The fourth-order valence-corrected chi connectivity index (χ4v) is 0.641. The first-order valence-electron chi connectivity index (χ1n) is 4.26. The largest absolute Gasteiger partial charge is 0.449 e. The molecule has 0 aliphatic heterocycles. The quantitative estimate of drug-likeness (QED) is 0.271. The van der Waals surface area contributed by atoms with Crippen LogP contribution in [0.3, 0.4) is 0 Å². The van der Waals surface area contributed by atoms with E-state index in [2.05, 4.69) is 10.5 Å². The molecule has 0 spiro atoms. The predicted octanol–water partition coefficient (Wildman–Crippen LogP) is 0.648. The molecule has 0 aliphatic rings. The van der Waals surface area contributed by atoms with Gasteiger partial charge in [-0.25, -0.2) is 4.79 Å². The zero-order valence-electron chi connectivity index (χ0n) is 8.70. The maximum atomic E-state index is 11.1. The van der Waals surface area contributed by atoms with Crippen LogP contribution in [-0.2, 0) is 4.74 Å². The highest BCUT2D eigenvalue weighted by molar-refractivity contribution is 5.80. The summed E-state index contributed by atoms with van der Waals surface area (Å²) >= 11 is 0. The predicted molar refractivity (Wildman–Crippen MR) is 52.3 cm³/mol. The number of carbonyl (C=O) groups is 1. The minimum Gasteiger partial charge on any atom is -0.449 e. The summed E-state index contributed by atoms with van der Waals surface area (Å²) in [6.45, 7) is 5.63. The molecule has 1 amide bonds. The second kappa shape index (κ2) is 5.31. The molecule has 0 radical (unpaired) electrons. The minimum atomic E-state index is -0.511. The average Bonchev–Trinajstić information content (AvgIpc) is 2.00. The number of nitrogens with two attached hydrogens (primary N) is 1. The van der Waals surface area contributed by atoms with Crippen LogP contribution >= 0.6 is 0 Å². The van der Waals surface area contributed by atoms with Crippen LogP contribution in [0, 0.1) is 0 Å². The van der Waals surface area contributed by atoms with Crippen LogP contribution in [0.15, 0.2) is 5.16 Å². The van der Waals surface area contributed by atoms with E-state index in [1.165, 1.54) is 0 Å². The summed E-state index contributed by atoms with van der Waals surface area (Å²) in [6.07, 6.45) is -0.295. The van der Waals surface area contributed by atoms with Crippen LogP contribution in [0.5, 0.6) is 0 Å². The number of nitrogens with zero attached hydrogens (tertiary/aromatic N) is 1. The van der Waals surface area contributed by atoms with Gasteiger partial charge in [0.05, 0.1) is 0 Å². The van der Waals surface area contributed by atoms with Crippen LogP contribution in [0.4, 0.5) is 4.79 Å². The maximum absolute atomic E-state index is 11.1. The molecule has 82 valence electrons. The summed E-state index contributed by atoms with van der Waals surface area (Å²) in [5.41, 5.74) is 4.85. The summed E-state index contributed by atoms with van der Waals surface area (Å²) in [5.74, 6) is 0.0357. The van der Waals surface area contributed by atoms with Crippen molar-refractivity contribution in [2.75, 3.05) is 6.61 Å². The van der Waals surface area contributed by atoms with Crippen molar-refractivity contribution in [3.05, 3.63) is 0 Å². The number of amidine groups is 1. The average molecular weight is 203 g/mol. The molecular weight excluding hydrogens is 186 g/mol. The van der Waals surface area contributed by atoms with Gasteiger partial charge >= 0.3 is 6.09 Å². The molecule has 0 unspecified atom stereocenters. The Kier molecular flexibility index (Phi) is 4.76. The highest BCUT2D eigenvalue weighted by Crippen LogP contribution is 1.99. The highest BCUT2D eigenvalue weighted by Gasteiger charge is 2.14. The number of oxime groups is 1. The topological polar surface area (TPSA) is 96.9 Å². The molecular formula is C8H17N3O3. The number of nitrogens with one attached hydrogen (secondary N) is 1. The van der Waals surface area contributed by atoms with Gasteiger partial charge in [-0.05, 0) is 20.8 Å². The maximum Gasteiger partial charge on any atom is 0.407 e. The smallest absolute Gasteiger partial charge is 0.407 e. The third-order valence-corrected chi connectivity index (χ3v) is 1.20. The Balaban J connectivity index is 3.66. The number of ether oxygens (including phenoxy) is 1. The van der Waals surface area contributed by atoms with Gasteiger partial charge in [-0.15, -0.1) is 0 Å². The Labute approximate surface area is 83.1 Å². The molecule has 0 saturated carbocycles. The molecule has 0 saturated heterocycles. The number of alkyl carbamates (subject to hydrolysis) is 1. The van der Waals surface area contributed by atoms with Crippen molar-refractivity contribution in [1.82, 2.24) is 5.32 Å². The van der Waals surface area contributed by atoms with E-state index in [9.17, 15) is 4.79 Å². The third kappa shape index (κ3) is 7.20. The Morgan fingerprint density at radius 1 is 1.57 bits per heavy atom. The second-order valence-corrected chi connectivity index (χ2v) is 3.85. The normalized spacial score (nSPS) is 12.4. The molecule has 0 heterocycles. The number of hydrogen-bond donors (Lipinski definition) is 3. The first-order chi connectivity index (χ1) is 6.35. The molecule has 0 rings (SSSR count). The van der Waals surface area contributed by atoms with Crippen molar-refractivity contribution < 1.29 is 14.7 Å². The minimum absolute atomic E-state index is 0.0357. The zero-order valence-corrected chi connectivity index (χ0v) is 8.70. The fourth-order valence-electron chi connectivity index (χ4n) is 0.641. The Bertz CT molecular complexity index is 220. The van der Waals surface area contributed by atoms with Gasteiger partial charge in [-0.1, -0.05) is 5.16 Å². The molecule has 0 aliphatic carbocycles. The van der Waals surface area contributed by atoms with Gasteiger partial charge in [0.25, 0.3) is 0 Å². The molecule has 14 heavy (non-hydrogen) atoms. The molecule has 4 N–H and O–H groups in total. The third-order valence-electron chi connectivity index (χ3n) is 1.20. The van der Waals surface area contributed by atoms with Crippen LogP contribution < -0.4 is 11.1 Å². The standard InChI is InChI=1S/C8H17N3O3/c1-8(2,3)10-7(12)14-5-4-6(9)11-13/h13H,4-5H2,1-3H3,(H2,9,11)(H,10,12). The van der Waals surface area contributed by atoms with Crippen LogP contribution in [-0.4, -0.2) is 29.3 Å². The lowest BCUT2D eigenvalue weighted by Crippen LogP contribution is -2.41. The van der Waals surface area contributed by atoms with Crippen molar-refractivity contribution in [2.24, 2.45) is 10.9 Å². The first-order valence-corrected chi connectivity index (χ1v) is 4.26. The van der Waals surface area contributed by atoms with E-state index in [1.54, 1.807) is 0 Å². The molecule has 0 aromatic rings. The lowest BCUT2D eigenvalue weighted by Gasteiger charge is -2.19. The fraction of sp³-hybridized carbons (Fsp3) is 0.750. The van der Waals surface area contributed by atoms with Gasteiger partial charge in [0.15, 0.2) is 0 Å². The number of amides is 1. The summed E-state index contributed by atoms with van der Waals surface area (Å²) in [7, 11) is 0. The van der Waals surface area contributed by atoms with E-state index in [-0.39, 0.29) is 24.4 Å². The van der Waals surface area contributed by atoms with E-state index >= 15 is 0 Å². The van der Waals surface area contributed by atoms with Gasteiger partial charge < -0.3 is 21.0 Å². The van der Waals surface area contributed by atoms with Gasteiger partial charge in [-0.2, -0.15) is 0 Å². The van der Waals surface area contributed by atoms with E-state index in [1.807, 2.05) is 20.8 Å². The van der Waals surface area contributed by atoms with Crippen molar-refractivity contribution in [1.29, 1.82) is 0 Å². The molecule has 6 heteroatoms. The molecule has 0 atom stereocenters. The summed E-state index contributed by atoms with van der Waals surface area (Å²) < 4.78 is 4.77. The first kappa shape index (κ1) is 12.5. The monoisotopic (exact) mass is 203 g/mol. The molecule has 0 aromatic heterocycles. The second-order valence-electron chi connectivity index (χ2n) is 3.85. The number of carbonyl (C=O) groups excluding carboxylic acids is 1. The van der Waals surface area contributed by atoms with Crippen LogP contribution in [0.1, 0.15) is 27.2 Å². The Hall–Kier alpha value is -1.46. The molecule has 0 bridgehead atoms. The van der Waals surface area contributed by atoms with Gasteiger partial charge in [0.1, 0.15) is 12.4 Å². The van der Waals surface area contributed by atoms with Crippen molar-refractivity contribution in [3.63, 3.8) is 0 Å². The molecule has 0 fully saturated rings. The summed E-state index contributed by atoms with van der Waals surface area (Å²) in [6, 6.07) is 0.